The van der Waals surface area contributed by atoms with Crippen molar-refractivity contribution in [3.63, 3.8) is 0 Å². The maximum atomic E-state index is 12.1. The topological polar surface area (TPSA) is 41.9 Å². The van der Waals surface area contributed by atoms with Crippen molar-refractivity contribution < 1.29 is 9.53 Å². The molecule has 4 heteroatoms. The molecule has 3 rings (SSSR count). The predicted molar refractivity (Wildman–Crippen MR) is 90.0 cm³/mol. The molecular weight excluding hydrogens is 288 g/mol. The number of esters is 1. The molecule has 0 aliphatic carbocycles. The van der Waals surface area contributed by atoms with E-state index in [0.717, 1.165) is 11.1 Å². The van der Waals surface area contributed by atoms with Gasteiger partial charge < -0.3 is 9.64 Å². The predicted octanol–water partition coefficient (Wildman–Crippen LogP) is 3.18. The van der Waals surface area contributed by atoms with Crippen LogP contribution >= 0.6 is 0 Å². The standard InChI is InChI=1S/C19H18N2O2/c1-21(2)13-16-19(22)23-18(20-16)17(14-9-5-3-6-10-14)15-11-7-4-8-12-15/h3-13,17H,1-2H3/b16-13-. The highest BCUT2D eigenvalue weighted by atomic mass is 16.6. The van der Waals surface area contributed by atoms with Gasteiger partial charge in [-0.3, -0.25) is 0 Å². The van der Waals surface area contributed by atoms with Gasteiger partial charge in [-0.25, -0.2) is 9.79 Å². The number of carbonyl (C=O) groups is 1. The fourth-order valence-corrected chi connectivity index (χ4v) is 2.55. The third-order valence-corrected chi connectivity index (χ3v) is 3.53. The largest absolute Gasteiger partial charge is 0.406 e. The van der Waals surface area contributed by atoms with Crippen LogP contribution in [-0.4, -0.2) is 30.9 Å². The Balaban J connectivity index is 2.05. The van der Waals surface area contributed by atoms with E-state index >= 15 is 0 Å². The third-order valence-electron chi connectivity index (χ3n) is 3.53. The number of aliphatic imine (C=N–C) groups is 1. The highest BCUT2D eigenvalue weighted by Gasteiger charge is 2.31. The Labute approximate surface area is 135 Å². The molecule has 0 spiro atoms. The summed E-state index contributed by atoms with van der Waals surface area (Å²) >= 11 is 0. The molecule has 116 valence electrons. The van der Waals surface area contributed by atoms with Gasteiger partial charge >= 0.3 is 5.97 Å². The Morgan fingerprint density at radius 1 is 0.957 bits per heavy atom. The van der Waals surface area contributed by atoms with E-state index in [2.05, 4.69) is 4.99 Å². The van der Waals surface area contributed by atoms with Gasteiger partial charge in [0, 0.05) is 20.3 Å². The van der Waals surface area contributed by atoms with E-state index in [0.29, 0.717) is 11.6 Å². The molecule has 2 aromatic carbocycles. The summed E-state index contributed by atoms with van der Waals surface area (Å²) in [4.78, 5) is 18.3. The van der Waals surface area contributed by atoms with Crippen molar-refractivity contribution in [3.8, 4) is 0 Å². The Morgan fingerprint density at radius 3 is 1.96 bits per heavy atom. The van der Waals surface area contributed by atoms with E-state index in [9.17, 15) is 4.79 Å². The van der Waals surface area contributed by atoms with Crippen LogP contribution in [0.15, 0.2) is 77.6 Å². The van der Waals surface area contributed by atoms with Gasteiger partial charge in [-0.05, 0) is 11.1 Å². The SMILES string of the molecule is CN(C)/C=C1\N=C(C(c2ccccc2)c2ccccc2)OC1=O. The first-order valence-electron chi connectivity index (χ1n) is 7.44. The summed E-state index contributed by atoms with van der Waals surface area (Å²) in [7, 11) is 3.69. The Hall–Kier alpha value is -2.88. The maximum Gasteiger partial charge on any atom is 0.365 e. The molecule has 0 atom stereocenters. The number of nitrogens with zero attached hydrogens (tertiary/aromatic N) is 2. The van der Waals surface area contributed by atoms with Crippen LogP contribution in [0.5, 0.6) is 0 Å². The van der Waals surface area contributed by atoms with E-state index in [1.807, 2.05) is 74.8 Å². The lowest BCUT2D eigenvalue weighted by Gasteiger charge is -2.16. The van der Waals surface area contributed by atoms with Crippen molar-refractivity contribution >= 4 is 11.9 Å². The summed E-state index contributed by atoms with van der Waals surface area (Å²) in [5, 5.41) is 0. The molecule has 23 heavy (non-hydrogen) atoms. The highest BCUT2D eigenvalue weighted by Crippen LogP contribution is 2.30. The molecule has 1 aliphatic heterocycles. The minimum Gasteiger partial charge on any atom is -0.406 e. The summed E-state index contributed by atoms with van der Waals surface area (Å²) in [6.07, 6.45) is 1.67. The number of rotatable bonds is 4. The van der Waals surface area contributed by atoms with E-state index < -0.39 is 5.97 Å². The van der Waals surface area contributed by atoms with Crippen LogP contribution in [-0.2, 0) is 9.53 Å². The molecule has 0 aromatic heterocycles. The van der Waals surface area contributed by atoms with Crippen LogP contribution in [0.2, 0.25) is 0 Å². The van der Waals surface area contributed by atoms with Gasteiger partial charge in [0.15, 0.2) is 5.70 Å². The highest BCUT2D eigenvalue weighted by molar-refractivity contribution is 6.07. The van der Waals surface area contributed by atoms with Crippen molar-refractivity contribution in [1.82, 2.24) is 4.90 Å². The molecule has 1 heterocycles. The first-order chi connectivity index (χ1) is 11.1. The van der Waals surface area contributed by atoms with Crippen LogP contribution in [0, 0.1) is 0 Å². The van der Waals surface area contributed by atoms with Gasteiger partial charge in [0.25, 0.3) is 0 Å². The van der Waals surface area contributed by atoms with Gasteiger partial charge in [0.05, 0.1) is 5.92 Å². The number of carbonyl (C=O) groups excluding carboxylic acids is 1. The second kappa shape index (κ2) is 6.48. The lowest BCUT2D eigenvalue weighted by Crippen LogP contribution is -2.16. The molecule has 4 nitrogen and oxygen atoms in total. The van der Waals surface area contributed by atoms with Crippen LogP contribution in [0.3, 0.4) is 0 Å². The van der Waals surface area contributed by atoms with E-state index in [1.54, 1.807) is 11.1 Å². The van der Waals surface area contributed by atoms with Gasteiger partial charge in [-0.15, -0.1) is 0 Å². The average Bonchev–Trinajstić information content (AvgIpc) is 2.89. The minimum absolute atomic E-state index is 0.200. The van der Waals surface area contributed by atoms with Crippen LogP contribution in [0.1, 0.15) is 17.0 Å². The molecule has 0 saturated carbocycles. The lowest BCUT2D eigenvalue weighted by atomic mass is 9.91. The molecule has 0 fully saturated rings. The van der Waals surface area contributed by atoms with Gasteiger partial charge in [-0.2, -0.15) is 0 Å². The maximum absolute atomic E-state index is 12.1. The van der Waals surface area contributed by atoms with E-state index in [4.69, 9.17) is 4.74 Å². The van der Waals surface area contributed by atoms with E-state index in [-0.39, 0.29) is 5.92 Å². The summed E-state index contributed by atoms with van der Waals surface area (Å²) in [6, 6.07) is 19.9. The smallest absolute Gasteiger partial charge is 0.365 e. The van der Waals surface area contributed by atoms with Crippen molar-refractivity contribution in [2.45, 2.75) is 5.92 Å². The van der Waals surface area contributed by atoms with Crippen molar-refractivity contribution in [2.75, 3.05) is 14.1 Å². The Morgan fingerprint density at radius 2 is 1.48 bits per heavy atom. The van der Waals surface area contributed by atoms with Crippen molar-refractivity contribution in [1.29, 1.82) is 0 Å². The molecular formula is C19H18N2O2. The normalized spacial score (nSPS) is 15.7. The molecule has 0 radical (unpaired) electrons. The molecule has 2 aromatic rings. The van der Waals surface area contributed by atoms with Gasteiger partial charge in [-0.1, -0.05) is 60.7 Å². The lowest BCUT2D eigenvalue weighted by molar-refractivity contribution is -0.130. The Bertz CT molecular complexity index is 710. The fraction of sp³-hybridized carbons (Fsp3) is 0.158. The summed E-state index contributed by atoms with van der Waals surface area (Å²) in [6.45, 7) is 0. The zero-order valence-corrected chi connectivity index (χ0v) is 13.1. The minimum atomic E-state index is -0.412. The zero-order chi connectivity index (χ0) is 16.2. The van der Waals surface area contributed by atoms with Crippen molar-refractivity contribution in [2.24, 2.45) is 4.99 Å². The van der Waals surface area contributed by atoms with E-state index in [1.165, 1.54) is 0 Å². The van der Waals surface area contributed by atoms with Crippen LogP contribution < -0.4 is 0 Å². The van der Waals surface area contributed by atoms with Crippen LogP contribution in [0.4, 0.5) is 0 Å². The second-order valence-electron chi connectivity index (χ2n) is 5.57. The number of hydrogen-bond donors (Lipinski definition) is 0. The summed E-state index contributed by atoms with van der Waals surface area (Å²) in [5.74, 6) is -0.194. The number of cyclic esters (lactones) is 1. The quantitative estimate of drug-likeness (QED) is 0.643. The zero-order valence-electron chi connectivity index (χ0n) is 13.1. The molecule has 0 amide bonds. The van der Waals surface area contributed by atoms with Gasteiger partial charge in [0.1, 0.15) is 0 Å². The first-order valence-corrected chi connectivity index (χ1v) is 7.44. The molecule has 1 aliphatic rings. The van der Waals surface area contributed by atoms with Crippen LogP contribution in [0.25, 0.3) is 0 Å². The average molecular weight is 306 g/mol. The molecule has 0 unspecified atom stereocenters. The third kappa shape index (κ3) is 3.31. The van der Waals surface area contributed by atoms with Gasteiger partial charge in [0.2, 0.25) is 5.90 Å². The molecule has 0 saturated heterocycles. The number of benzene rings is 2. The number of ether oxygens (including phenoxy) is 1. The second-order valence-corrected chi connectivity index (χ2v) is 5.57. The fourth-order valence-electron chi connectivity index (χ4n) is 2.55. The first kappa shape index (κ1) is 15.0. The van der Waals surface area contributed by atoms with Crippen molar-refractivity contribution in [3.05, 3.63) is 83.7 Å². The monoisotopic (exact) mass is 306 g/mol. The summed E-state index contributed by atoms with van der Waals surface area (Å²) in [5.41, 5.74) is 2.40. The number of hydrogen-bond acceptors (Lipinski definition) is 4. The summed E-state index contributed by atoms with van der Waals surface area (Å²) < 4.78 is 5.46. The Kier molecular flexibility index (Phi) is 4.24. The molecule has 0 bridgehead atoms. The molecule has 0 N–H and O–H groups in total.